The monoisotopic (exact) mass is 397 g/mol. The van der Waals surface area contributed by atoms with E-state index < -0.39 is 4.92 Å². The van der Waals surface area contributed by atoms with Crippen molar-refractivity contribution >= 4 is 17.3 Å². The smallest absolute Gasteiger partial charge is 0.293 e. The number of benzene rings is 2. The van der Waals surface area contributed by atoms with Crippen molar-refractivity contribution in [3.63, 3.8) is 0 Å². The van der Waals surface area contributed by atoms with E-state index in [1.165, 1.54) is 11.6 Å². The Morgan fingerprint density at radius 2 is 1.90 bits per heavy atom. The molecular weight excluding hydrogens is 370 g/mol. The molecular formula is C22H27N3O4. The molecule has 1 amide bonds. The van der Waals surface area contributed by atoms with Crippen molar-refractivity contribution in [3.05, 3.63) is 69.8 Å². The maximum atomic E-state index is 12.7. The first-order valence-electron chi connectivity index (χ1n) is 9.91. The lowest BCUT2D eigenvalue weighted by Gasteiger charge is -2.30. The SMILES string of the molecule is COCCNc1ccc(C(=O)NCC2(c3ccccc3)CCCC2)cc1[N+](=O)[O-]. The van der Waals surface area contributed by atoms with E-state index >= 15 is 0 Å². The maximum Gasteiger partial charge on any atom is 0.293 e. The predicted octanol–water partition coefficient (Wildman–Crippen LogP) is 3.89. The van der Waals surface area contributed by atoms with Crippen LogP contribution in [0.15, 0.2) is 48.5 Å². The van der Waals surface area contributed by atoms with Gasteiger partial charge >= 0.3 is 0 Å². The summed E-state index contributed by atoms with van der Waals surface area (Å²) >= 11 is 0. The summed E-state index contributed by atoms with van der Waals surface area (Å²) in [5.41, 5.74) is 1.72. The molecule has 154 valence electrons. The van der Waals surface area contributed by atoms with Gasteiger partial charge in [-0.3, -0.25) is 14.9 Å². The summed E-state index contributed by atoms with van der Waals surface area (Å²) in [7, 11) is 1.57. The summed E-state index contributed by atoms with van der Waals surface area (Å²) in [4.78, 5) is 23.7. The van der Waals surface area contributed by atoms with Gasteiger partial charge in [0, 0.05) is 37.2 Å². The van der Waals surface area contributed by atoms with Gasteiger partial charge in [0.2, 0.25) is 0 Å². The molecule has 0 aromatic heterocycles. The highest BCUT2D eigenvalue weighted by Gasteiger charge is 2.35. The zero-order valence-corrected chi connectivity index (χ0v) is 16.6. The Labute approximate surface area is 170 Å². The van der Waals surface area contributed by atoms with Crippen molar-refractivity contribution in [2.24, 2.45) is 0 Å². The van der Waals surface area contributed by atoms with Gasteiger partial charge in [0.05, 0.1) is 11.5 Å². The number of hydrogen-bond donors (Lipinski definition) is 2. The number of nitrogens with one attached hydrogen (secondary N) is 2. The molecule has 1 fully saturated rings. The van der Waals surface area contributed by atoms with Gasteiger partial charge in [0.1, 0.15) is 5.69 Å². The fourth-order valence-electron chi connectivity index (χ4n) is 4.02. The Morgan fingerprint density at radius 1 is 1.17 bits per heavy atom. The number of nitro groups is 1. The van der Waals surface area contributed by atoms with Crippen molar-refractivity contribution in [1.29, 1.82) is 0 Å². The van der Waals surface area contributed by atoms with E-state index in [0.29, 0.717) is 25.4 Å². The van der Waals surface area contributed by atoms with Gasteiger partial charge in [-0.15, -0.1) is 0 Å². The minimum Gasteiger partial charge on any atom is -0.383 e. The standard InChI is InChI=1S/C22H27N3O4/c1-29-14-13-23-19-10-9-17(15-20(19)25(27)28)21(26)24-16-22(11-5-6-12-22)18-7-3-2-4-8-18/h2-4,7-10,15,23H,5-6,11-14,16H2,1H3,(H,24,26). The van der Waals surface area contributed by atoms with Crippen LogP contribution in [0.5, 0.6) is 0 Å². The van der Waals surface area contributed by atoms with Gasteiger partial charge < -0.3 is 15.4 Å². The van der Waals surface area contributed by atoms with Crippen molar-refractivity contribution in [3.8, 4) is 0 Å². The molecule has 7 nitrogen and oxygen atoms in total. The lowest BCUT2D eigenvalue weighted by atomic mass is 9.79. The topological polar surface area (TPSA) is 93.5 Å². The highest BCUT2D eigenvalue weighted by Crippen LogP contribution is 2.40. The van der Waals surface area contributed by atoms with E-state index in [1.807, 2.05) is 18.2 Å². The van der Waals surface area contributed by atoms with Crippen LogP contribution in [0.25, 0.3) is 0 Å². The third-order valence-corrected chi connectivity index (χ3v) is 5.61. The number of hydrogen-bond acceptors (Lipinski definition) is 5. The van der Waals surface area contributed by atoms with Crippen LogP contribution in [-0.2, 0) is 10.2 Å². The average Bonchev–Trinajstić information content (AvgIpc) is 3.23. The Bertz CT molecular complexity index is 848. The maximum absolute atomic E-state index is 12.7. The molecule has 0 radical (unpaired) electrons. The zero-order chi connectivity index (χ0) is 20.7. The highest BCUT2D eigenvalue weighted by atomic mass is 16.6. The second-order valence-electron chi connectivity index (χ2n) is 7.44. The number of nitro benzene ring substituents is 1. The van der Waals surface area contributed by atoms with Gasteiger partial charge in [-0.2, -0.15) is 0 Å². The zero-order valence-electron chi connectivity index (χ0n) is 16.6. The summed E-state index contributed by atoms with van der Waals surface area (Å²) in [5.74, 6) is -0.293. The first-order chi connectivity index (χ1) is 14.1. The molecule has 7 heteroatoms. The molecule has 1 aliphatic carbocycles. The van der Waals surface area contributed by atoms with Gasteiger partial charge in [-0.05, 0) is 30.5 Å². The largest absolute Gasteiger partial charge is 0.383 e. The van der Waals surface area contributed by atoms with Crippen LogP contribution in [0, 0.1) is 10.1 Å². The lowest BCUT2D eigenvalue weighted by molar-refractivity contribution is -0.384. The van der Waals surface area contributed by atoms with Crippen LogP contribution < -0.4 is 10.6 Å². The fraction of sp³-hybridized carbons (Fsp3) is 0.409. The number of methoxy groups -OCH3 is 1. The molecule has 1 saturated carbocycles. The second kappa shape index (κ2) is 9.52. The molecule has 0 aliphatic heterocycles. The number of rotatable bonds is 9. The van der Waals surface area contributed by atoms with E-state index in [0.717, 1.165) is 25.7 Å². The van der Waals surface area contributed by atoms with Crippen molar-refractivity contribution in [1.82, 2.24) is 5.32 Å². The van der Waals surface area contributed by atoms with Gasteiger partial charge in [0.25, 0.3) is 11.6 Å². The van der Waals surface area contributed by atoms with Crippen LogP contribution in [0.2, 0.25) is 0 Å². The van der Waals surface area contributed by atoms with Crippen LogP contribution in [-0.4, -0.2) is 37.6 Å². The molecule has 2 aromatic rings. The van der Waals surface area contributed by atoms with Crippen LogP contribution in [0.4, 0.5) is 11.4 Å². The van der Waals surface area contributed by atoms with E-state index in [-0.39, 0.29) is 22.6 Å². The molecule has 2 aromatic carbocycles. The summed E-state index contributed by atoms with van der Waals surface area (Å²) in [6, 6.07) is 14.8. The number of nitrogens with zero attached hydrogens (tertiary/aromatic N) is 1. The fourth-order valence-corrected chi connectivity index (χ4v) is 4.02. The molecule has 0 unspecified atom stereocenters. The van der Waals surface area contributed by atoms with Crippen LogP contribution >= 0.6 is 0 Å². The molecule has 3 rings (SSSR count). The lowest BCUT2D eigenvalue weighted by Crippen LogP contribution is -2.39. The van der Waals surface area contributed by atoms with Crippen LogP contribution in [0.1, 0.15) is 41.6 Å². The number of amides is 1. The highest BCUT2D eigenvalue weighted by molar-refractivity contribution is 5.95. The molecule has 1 aliphatic rings. The normalized spacial score (nSPS) is 15.1. The summed E-state index contributed by atoms with van der Waals surface area (Å²) in [6.07, 6.45) is 4.33. The Hall–Kier alpha value is -2.93. The molecule has 0 heterocycles. The molecule has 0 saturated heterocycles. The van der Waals surface area contributed by atoms with Gasteiger partial charge in [0.15, 0.2) is 0 Å². The molecule has 29 heavy (non-hydrogen) atoms. The first kappa shape index (κ1) is 20.8. The van der Waals surface area contributed by atoms with Gasteiger partial charge in [-0.25, -0.2) is 0 Å². The number of carbonyl (C=O) groups excluding carboxylic acids is 1. The van der Waals surface area contributed by atoms with E-state index in [4.69, 9.17) is 4.74 Å². The molecule has 2 N–H and O–H groups in total. The Kier molecular flexibility index (Phi) is 6.82. The van der Waals surface area contributed by atoms with Crippen molar-refractivity contribution in [2.75, 3.05) is 32.1 Å². The summed E-state index contributed by atoms with van der Waals surface area (Å²) < 4.78 is 4.96. The summed E-state index contributed by atoms with van der Waals surface area (Å²) in [6.45, 7) is 1.40. The van der Waals surface area contributed by atoms with E-state index in [2.05, 4.69) is 22.8 Å². The van der Waals surface area contributed by atoms with Crippen molar-refractivity contribution in [2.45, 2.75) is 31.1 Å². The van der Waals surface area contributed by atoms with Crippen LogP contribution in [0.3, 0.4) is 0 Å². The van der Waals surface area contributed by atoms with Crippen molar-refractivity contribution < 1.29 is 14.5 Å². The number of carbonyl (C=O) groups is 1. The molecule has 0 bridgehead atoms. The second-order valence-corrected chi connectivity index (χ2v) is 7.44. The third kappa shape index (κ3) is 4.92. The number of anilines is 1. The number of ether oxygens (including phenoxy) is 1. The quantitative estimate of drug-likeness (QED) is 0.380. The first-order valence-corrected chi connectivity index (χ1v) is 9.91. The average molecular weight is 397 g/mol. The third-order valence-electron chi connectivity index (χ3n) is 5.61. The molecule has 0 atom stereocenters. The van der Waals surface area contributed by atoms with E-state index in [9.17, 15) is 14.9 Å². The van der Waals surface area contributed by atoms with E-state index in [1.54, 1.807) is 19.2 Å². The minimum atomic E-state index is -0.478. The summed E-state index contributed by atoms with van der Waals surface area (Å²) in [5, 5.41) is 17.4. The minimum absolute atomic E-state index is 0.0650. The Morgan fingerprint density at radius 3 is 2.55 bits per heavy atom. The Balaban J connectivity index is 1.73. The predicted molar refractivity (Wildman–Crippen MR) is 112 cm³/mol. The van der Waals surface area contributed by atoms with Gasteiger partial charge in [-0.1, -0.05) is 43.2 Å². The molecule has 0 spiro atoms.